The van der Waals surface area contributed by atoms with E-state index in [1.807, 2.05) is 0 Å². The Morgan fingerprint density at radius 2 is 2.08 bits per heavy atom. The van der Waals surface area contributed by atoms with Crippen LogP contribution in [0.1, 0.15) is 12.8 Å². The molecule has 1 heterocycles. The smallest absolute Gasteiger partial charge is 0.407 e. The number of likely N-dealkylation sites (tertiary alicyclic amines) is 1. The van der Waals surface area contributed by atoms with Crippen molar-refractivity contribution in [3.8, 4) is 0 Å². The topological polar surface area (TPSA) is 60.9 Å². The van der Waals surface area contributed by atoms with Gasteiger partial charge in [0.2, 0.25) is 5.91 Å². The minimum absolute atomic E-state index is 0.125. The number of carbonyl (C=O) groups is 2. The zero-order valence-electron chi connectivity index (χ0n) is 7.86. The number of nitrogens with zero attached hydrogens (tertiary/aromatic N) is 2. The standard InChI is InChI=1S/C8H14N2O3/c1-9(2)7(11)6-4-3-5-10(6)8(12)13/h6H,3-5H2,1-2H3,(H,12,13)/t6-/m1/s1. The minimum atomic E-state index is -1.00. The minimum Gasteiger partial charge on any atom is -0.465 e. The molecule has 74 valence electrons. The number of rotatable bonds is 1. The number of hydrogen-bond donors (Lipinski definition) is 1. The SMILES string of the molecule is CN(C)C(=O)[C@H]1CCCN1C(=O)O. The molecule has 1 aliphatic rings. The van der Waals surface area contributed by atoms with Gasteiger partial charge in [-0.3, -0.25) is 9.69 Å². The summed E-state index contributed by atoms with van der Waals surface area (Å²) in [5.74, 6) is -0.125. The third-order valence-corrected chi connectivity index (χ3v) is 2.22. The maximum Gasteiger partial charge on any atom is 0.407 e. The molecule has 1 aliphatic heterocycles. The van der Waals surface area contributed by atoms with Crippen molar-refractivity contribution in [2.24, 2.45) is 0 Å². The first-order valence-electron chi connectivity index (χ1n) is 4.24. The Hall–Kier alpha value is -1.26. The second-order valence-corrected chi connectivity index (χ2v) is 3.37. The Balaban J connectivity index is 2.68. The first-order valence-corrected chi connectivity index (χ1v) is 4.24. The molecule has 1 rings (SSSR count). The van der Waals surface area contributed by atoms with Gasteiger partial charge in [0, 0.05) is 20.6 Å². The zero-order valence-corrected chi connectivity index (χ0v) is 7.86. The molecule has 0 saturated carbocycles. The zero-order chi connectivity index (χ0) is 10.0. The lowest BCUT2D eigenvalue weighted by Crippen LogP contribution is -2.44. The van der Waals surface area contributed by atoms with Crippen molar-refractivity contribution < 1.29 is 14.7 Å². The van der Waals surface area contributed by atoms with Gasteiger partial charge < -0.3 is 10.0 Å². The molecule has 1 fully saturated rings. The molecule has 0 bridgehead atoms. The van der Waals surface area contributed by atoms with Crippen molar-refractivity contribution in [2.45, 2.75) is 18.9 Å². The second kappa shape index (κ2) is 3.64. The van der Waals surface area contributed by atoms with Gasteiger partial charge in [-0.2, -0.15) is 0 Å². The fourth-order valence-electron chi connectivity index (χ4n) is 1.55. The summed E-state index contributed by atoms with van der Waals surface area (Å²) in [5.41, 5.74) is 0. The molecule has 5 heteroatoms. The summed E-state index contributed by atoms with van der Waals surface area (Å²) in [5, 5.41) is 8.77. The van der Waals surface area contributed by atoms with Crippen LogP contribution < -0.4 is 0 Å². The van der Waals surface area contributed by atoms with Gasteiger partial charge in [0.05, 0.1) is 0 Å². The highest BCUT2D eigenvalue weighted by molar-refractivity contribution is 5.85. The molecule has 0 aromatic rings. The normalized spacial score (nSPS) is 21.7. The van der Waals surface area contributed by atoms with Crippen LogP contribution in [-0.4, -0.2) is 53.6 Å². The third kappa shape index (κ3) is 1.91. The van der Waals surface area contributed by atoms with Crippen LogP contribution >= 0.6 is 0 Å². The Bertz CT molecular complexity index is 227. The van der Waals surface area contributed by atoms with Crippen molar-refractivity contribution >= 4 is 12.0 Å². The summed E-state index contributed by atoms with van der Waals surface area (Å²) < 4.78 is 0. The van der Waals surface area contributed by atoms with E-state index in [2.05, 4.69) is 0 Å². The summed E-state index contributed by atoms with van der Waals surface area (Å²) >= 11 is 0. The highest BCUT2D eigenvalue weighted by Crippen LogP contribution is 2.18. The van der Waals surface area contributed by atoms with E-state index in [0.717, 1.165) is 6.42 Å². The van der Waals surface area contributed by atoms with Gasteiger partial charge in [0.25, 0.3) is 0 Å². The first-order chi connectivity index (χ1) is 6.04. The highest BCUT2D eigenvalue weighted by atomic mass is 16.4. The quantitative estimate of drug-likeness (QED) is 0.637. The molecule has 0 aliphatic carbocycles. The summed E-state index contributed by atoms with van der Waals surface area (Å²) in [4.78, 5) is 24.8. The van der Waals surface area contributed by atoms with Crippen LogP contribution in [0.2, 0.25) is 0 Å². The van der Waals surface area contributed by atoms with Crippen LogP contribution in [0.5, 0.6) is 0 Å². The Kier molecular flexibility index (Phi) is 2.75. The molecule has 0 aromatic carbocycles. The van der Waals surface area contributed by atoms with Crippen molar-refractivity contribution in [1.82, 2.24) is 9.80 Å². The number of hydrogen-bond acceptors (Lipinski definition) is 2. The van der Waals surface area contributed by atoms with Crippen LogP contribution in [0.15, 0.2) is 0 Å². The molecule has 5 nitrogen and oxygen atoms in total. The molecule has 1 atom stereocenters. The van der Waals surface area contributed by atoms with Gasteiger partial charge >= 0.3 is 6.09 Å². The molecule has 1 saturated heterocycles. The molecule has 0 unspecified atom stereocenters. The van der Waals surface area contributed by atoms with E-state index in [1.54, 1.807) is 14.1 Å². The molecular weight excluding hydrogens is 172 g/mol. The van der Waals surface area contributed by atoms with Gasteiger partial charge in [0.15, 0.2) is 0 Å². The van der Waals surface area contributed by atoms with E-state index in [4.69, 9.17) is 5.11 Å². The lowest BCUT2D eigenvalue weighted by atomic mass is 10.2. The number of carbonyl (C=O) groups excluding carboxylic acids is 1. The van der Waals surface area contributed by atoms with Crippen molar-refractivity contribution in [1.29, 1.82) is 0 Å². The predicted octanol–water partition coefficient (Wildman–Crippen LogP) is 0.217. The fourth-order valence-corrected chi connectivity index (χ4v) is 1.55. The predicted molar refractivity (Wildman–Crippen MR) is 46.4 cm³/mol. The van der Waals surface area contributed by atoms with Crippen molar-refractivity contribution in [3.05, 3.63) is 0 Å². The second-order valence-electron chi connectivity index (χ2n) is 3.37. The summed E-state index contributed by atoms with van der Waals surface area (Å²) in [6.07, 6.45) is 0.414. The molecule has 0 spiro atoms. The van der Waals surface area contributed by atoms with E-state index < -0.39 is 12.1 Å². The molecule has 2 amide bonds. The van der Waals surface area contributed by atoms with Crippen LogP contribution in [0, 0.1) is 0 Å². The van der Waals surface area contributed by atoms with E-state index in [-0.39, 0.29) is 5.91 Å². The van der Waals surface area contributed by atoms with Crippen LogP contribution in [0.3, 0.4) is 0 Å². The molecule has 0 radical (unpaired) electrons. The van der Waals surface area contributed by atoms with Gasteiger partial charge in [-0.1, -0.05) is 0 Å². The van der Waals surface area contributed by atoms with E-state index >= 15 is 0 Å². The number of likely N-dealkylation sites (N-methyl/N-ethyl adjacent to an activating group) is 1. The molecule has 0 aromatic heterocycles. The van der Waals surface area contributed by atoms with Gasteiger partial charge in [-0.25, -0.2) is 4.79 Å². The third-order valence-electron chi connectivity index (χ3n) is 2.22. The van der Waals surface area contributed by atoms with E-state index in [9.17, 15) is 9.59 Å². The van der Waals surface area contributed by atoms with Crippen LogP contribution in [-0.2, 0) is 4.79 Å². The van der Waals surface area contributed by atoms with Crippen molar-refractivity contribution in [2.75, 3.05) is 20.6 Å². The highest BCUT2D eigenvalue weighted by Gasteiger charge is 2.34. The molecular formula is C8H14N2O3. The molecule has 13 heavy (non-hydrogen) atoms. The average molecular weight is 186 g/mol. The summed E-state index contributed by atoms with van der Waals surface area (Å²) in [7, 11) is 3.28. The summed E-state index contributed by atoms with van der Waals surface area (Å²) in [6, 6.07) is -0.465. The maximum absolute atomic E-state index is 11.5. The van der Waals surface area contributed by atoms with Crippen LogP contribution in [0.4, 0.5) is 4.79 Å². The Labute approximate surface area is 76.9 Å². The lowest BCUT2D eigenvalue weighted by Gasteiger charge is -2.23. The fraction of sp³-hybridized carbons (Fsp3) is 0.750. The lowest BCUT2D eigenvalue weighted by molar-refractivity contribution is -0.132. The first kappa shape index (κ1) is 9.83. The average Bonchev–Trinajstić information content (AvgIpc) is 2.50. The van der Waals surface area contributed by atoms with E-state index in [0.29, 0.717) is 13.0 Å². The van der Waals surface area contributed by atoms with Gasteiger partial charge in [0.1, 0.15) is 6.04 Å². The summed E-state index contributed by atoms with van der Waals surface area (Å²) in [6.45, 7) is 0.472. The number of carboxylic acid groups (broad SMARTS) is 1. The van der Waals surface area contributed by atoms with E-state index in [1.165, 1.54) is 9.80 Å². The molecule has 1 N–H and O–H groups in total. The van der Waals surface area contributed by atoms with Crippen molar-refractivity contribution in [3.63, 3.8) is 0 Å². The maximum atomic E-state index is 11.5. The monoisotopic (exact) mass is 186 g/mol. The number of amides is 2. The largest absolute Gasteiger partial charge is 0.465 e. The Morgan fingerprint density at radius 3 is 2.54 bits per heavy atom. The van der Waals surface area contributed by atoms with Gasteiger partial charge in [-0.05, 0) is 12.8 Å². The van der Waals surface area contributed by atoms with Gasteiger partial charge in [-0.15, -0.1) is 0 Å². The Morgan fingerprint density at radius 1 is 1.46 bits per heavy atom. The van der Waals surface area contributed by atoms with Crippen LogP contribution in [0.25, 0.3) is 0 Å².